The van der Waals surface area contributed by atoms with Crippen LogP contribution in [0.3, 0.4) is 0 Å². The first kappa shape index (κ1) is 11.1. The molecule has 0 aliphatic heterocycles. The van der Waals surface area contributed by atoms with Crippen LogP contribution < -0.4 is 0 Å². The standard InChI is InChI=1S/C11H9FO3/c1-2-15-11(14)6-4-8-3-5-10(13)9(12)7-8/h3,5,7,13H,2H2,1H3. The van der Waals surface area contributed by atoms with Crippen molar-refractivity contribution in [3.8, 4) is 17.6 Å². The first-order valence-electron chi connectivity index (χ1n) is 4.30. The van der Waals surface area contributed by atoms with Crippen molar-refractivity contribution in [3.63, 3.8) is 0 Å². The number of ether oxygens (including phenoxy) is 1. The average molecular weight is 208 g/mol. The molecule has 0 spiro atoms. The van der Waals surface area contributed by atoms with E-state index in [1.165, 1.54) is 12.1 Å². The Kier molecular flexibility index (Phi) is 3.69. The molecule has 1 rings (SSSR count). The van der Waals surface area contributed by atoms with Gasteiger partial charge in [0, 0.05) is 11.5 Å². The van der Waals surface area contributed by atoms with Crippen molar-refractivity contribution in [1.29, 1.82) is 0 Å². The maximum absolute atomic E-state index is 12.8. The molecule has 0 radical (unpaired) electrons. The maximum atomic E-state index is 12.8. The van der Waals surface area contributed by atoms with Crippen LogP contribution in [-0.2, 0) is 9.53 Å². The number of hydrogen-bond donors (Lipinski definition) is 1. The Morgan fingerprint density at radius 1 is 1.60 bits per heavy atom. The molecular weight excluding hydrogens is 199 g/mol. The van der Waals surface area contributed by atoms with E-state index in [4.69, 9.17) is 5.11 Å². The maximum Gasteiger partial charge on any atom is 0.384 e. The van der Waals surface area contributed by atoms with Crippen LogP contribution in [0.15, 0.2) is 18.2 Å². The van der Waals surface area contributed by atoms with Gasteiger partial charge in [0.15, 0.2) is 11.6 Å². The van der Waals surface area contributed by atoms with Gasteiger partial charge in [-0.2, -0.15) is 0 Å². The lowest BCUT2D eigenvalue weighted by Gasteiger charge is -1.94. The number of rotatable bonds is 1. The Morgan fingerprint density at radius 2 is 2.33 bits per heavy atom. The molecule has 0 bridgehead atoms. The molecule has 4 heteroatoms. The summed E-state index contributed by atoms with van der Waals surface area (Å²) in [6, 6.07) is 3.62. The van der Waals surface area contributed by atoms with E-state index in [1.54, 1.807) is 6.92 Å². The highest BCUT2D eigenvalue weighted by molar-refractivity contribution is 5.89. The average Bonchev–Trinajstić information content (AvgIpc) is 2.20. The van der Waals surface area contributed by atoms with Crippen molar-refractivity contribution in [2.24, 2.45) is 0 Å². The number of carbonyl (C=O) groups excluding carboxylic acids is 1. The van der Waals surface area contributed by atoms with E-state index in [9.17, 15) is 9.18 Å². The quantitative estimate of drug-likeness (QED) is 0.561. The van der Waals surface area contributed by atoms with Gasteiger partial charge < -0.3 is 9.84 Å². The highest BCUT2D eigenvalue weighted by Crippen LogP contribution is 2.15. The minimum atomic E-state index is -0.773. The molecule has 1 aromatic rings. The lowest BCUT2D eigenvalue weighted by Crippen LogP contribution is -1.99. The monoisotopic (exact) mass is 208 g/mol. The summed E-state index contributed by atoms with van der Waals surface area (Å²) in [5.41, 5.74) is 0.304. The fourth-order valence-corrected chi connectivity index (χ4v) is 0.875. The zero-order chi connectivity index (χ0) is 11.3. The summed E-state index contributed by atoms with van der Waals surface area (Å²) in [4.78, 5) is 10.8. The third-order valence-corrected chi connectivity index (χ3v) is 1.53. The van der Waals surface area contributed by atoms with Crippen LogP contribution in [-0.4, -0.2) is 17.7 Å². The molecule has 78 valence electrons. The molecule has 0 amide bonds. The third kappa shape index (κ3) is 3.31. The molecule has 0 unspecified atom stereocenters. The number of phenolic OH excluding ortho intramolecular Hbond substituents is 1. The fraction of sp³-hybridized carbons (Fsp3) is 0.182. The number of carbonyl (C=O) groups is 1. The van der Waals surface area contributed by atoms with E-state index in [2.05, 4.69) is 16.6 Å². The van der Waals surface area contributed by atoms with Crippen LogP contribution in [0.25, 0.3) is 0 Å². The van der Waals surface area contributed by atoms with E-state index in [0.29, 0.717) is 5.56 Å². The number of halogens is 1. The molecule has 0 aromatic heterocycles. The first-order valence-corrected chi connectivity index (χ1v) is 4.30. The first-order chi connectivity index (χ1) is 7.13. The Hall–Kier alpha value is -2.02. The molecule has 0 saturated heterocycles. The van der Waals surface area contributed by atoms with Crippen molar-refractivity contribution >= 4 is 5.97 Å². The largest absolute Gasteiger partial charge is 0.505 e. The lowest BCUT2D eigenvalue weighted by molar-refractivity contribution is -0.136. The van der Waals surface area contributed by atoms with Gasteiger partial charge in [-0.25, -0.2) is 9.18 Å². The van der Waals surface area contributed by atoms with Crippen molar-refractivity contribution in [1.82, 2.24) is 0 Å². The summed E-state index contributed by atoms with van der Waals surface area (Å²) in [5.74, 6) is 2.73. The Bertz CT molecular complexity index is 429. The normalized spacial score (nSPS) is 8.93. The number of esters is 1. The zero-order valence-electron chi connectivity index (χ0n) is 8.08. The molecular formula is C11H9FO3. The highest BCUT2D eigenvalue weighted by Gasteiger charge is 1.99. The Morgan fingerprint density at radius 3 is 2.93 bits per heavy atom. The van der Waals surface area contributed by atoms with Crippen molar-refractivity contribution in [2.75, 3.05) is 6.61 Å². The minimum Gasteiger partial charge on any atom is -0.505 e. The number of hydrogen-bond acceptors (Lipinski definition) is 3. The van der Waals surface area contributed by atoms with Gasteiger partial charge in [-0.1, -0.05) is 5.92 Å². The second-order valence-electron chi connectivity index (χ2n) is 2.64. The molecule has 15 heavy (non-hydrogen) atoms. The molecule has 0 aliphatic rings. The van der Waals surface area contributed by atoms with E-state index in [-0.39, 0.29) is 6.61 Å². The summed E-state index contributed by atoms with van der Waals surface area (Å²) in [6.45, 7) is 1.91. The van der Waals surface area contributed by atoms with Crippen LogP contribution in [0.2, 0.25) is 0 Å². The van der Waals surface area contributed by atoms with Crippen LogP contribution >= 0.6 is 0 Å². The van der Waals surface area contributed by atoms with Gasteiger partial charge in [-0.05, 0) is 25.1 Å². The summed E-state index contributed by atoms with van der Waals surface area (Å²) < 4.78 is 17.4. The van der Waals surface area contributed by atoms with Gasteiger partial charge in [0.05, 0.1) is 6.61 Å². The SMILES string of the molecule is CCOC(=O)C#Cc1ccc(O)c(F)c1. The lowest BCUT2D eigenvalue weighted by atomic mass is 10.2. The van der Waals surface area contributed by atoms with Crippen LogP contribution in [0.1, 0.15) is 12.5 Å². The number of phenols is 1. The third-order valence-electron chi connectivity index (χ3n) is 1.53. The van der Waals surface area contributed by atoms with Gasteiger partial charge in [0.2, 0.25) is 0 Å². The fourth-order valence-electron chi connectivity index (χ4n) is 0.875. The molecule has 0 atom stereocenters. The van der Waals surface area contributed by atoms with Crippen molar-refractivity contribution in [3.05, 3.63) is 29.6 Å². The smallest absolute Gasteiger partial charge is 0.384 e. The second-order valence-corrected chi connectivity index (χ2v) is 2.64. The second kappa shape index (κ2) is 5.01. The zero-order valence-corrected chi connectivity index (χ0v) is 8.08. The number of benzene rings is 1. The highest BCUT2D eigenvalue weighted by atomic mass is 19.1. The summed E-state index contributed by atoms with van der Waals surface area (Å²) in [6.07, 6.45) is 0. The topological polar surface area (TPSA) is 46.5 Å². The van der Waals surface area contributed by atoms with Gasteiger partial charge >= 0.3 is 5.97 Å². The molecule has 0 saturated carbocycles. The van der Waals surface area contributed by atoms with E-state index < -0.39 is 17.5 Å². The van der Waals surface area contributed by atoms with Crippen LogP contribution in [0.5, 0.6) is 5.75 Å². The summed E-state index contributed by atoms with van der Waals surface area (Å²) in [7, 11) is 0. The van der Waals surface area contributed by atoms with Crippen LogP contribution in [0.4, 0.5) is 4.39 Å². The van der Waals surface area contributed by atoms with Gasteiger partial charge in [-0.3, -0.25) is 0 Å². The van der Waals surface area contributed by atoms with Gasteiger partial charge in [-0.15, -0.1) is 0 Å². The minimum absolute atomic E-state index is 0.247. The molecule has 3 nitrogen and oxygen atoms in total. The Labute approximate surface area is 86.5 Å². The predicted molar refractivity (Wildman–Crippen MR) is 51.6 cm³/mol. The molecule has 1 N–H and O–H groups in total. The molecule has 1 aromatic carbocycles. The van der Waals surface area contributed by atoms with Crippen molar-refractivity contribution in [2.45, 2.75) is 6.92 Å². The van der Waals surface area contributed by atoms with E-state index >= 15 is 0 Å². The van der Waals surface area contributed by atoms with Crippen molar-refractivity contribution < 1.29 is 19.0 Å². The molecule has 0 fully saturated rings. The van der Waals surface area contributed by atoms with Gasteiger partial charge in [0.25, 0.3) is 0 Å². The number of aromatic hydroxyl groups is 1. The summed E-state index contributed by atoms with van der Waals surface area (Å²) >= 11 is 0. The summed E-state index contributed by atoms with van der Waals surface area (Å²) in [5, 5.41) is 8.89. The molecule has 0 heterocycles. The van der Waals surface area contributed by atoms with Crippen LogP contribution in [0, 0.1) is 17.7 Å². The van der Waals surface area contributed by atoms with Gasteiger partial charge in [0.1, 0.15) is 0 Å². The van der Waals surface area contributed by atoms with E-state index in [1.807, 2.05) is 0 Å². The Balaban J connectivity index is 2.80. The predicted octanol–water partition coefficient (Wildman–Crippen LogP) is 1.45. The molecule has 0 aliphatic carbocycles. The van der Waals surface area contributed by atoms with E-state index in [0.717, 1.165) is 6.07 Å².